The van der Waals surface area contributed by atoms with Crippen LogP contribution in [0.3, 0.4) is 0 Å². The van der Waals surface area contributed by atoms with Gasteiger partial charge in [-0.25, -0.2) is 8.42 Å². The summed E-state index contributed by atoms with van der Waals surface area (Å²) in [6.07, 6.45) is -3.11. The van der Waals surface area contributed by atoms with Crippen molar-refractivity contribution in [2.24, 2.45) is 0 Å². The topological polar surface area (TPSA) is 56.3 Å². The first-order valence-corrected chi connectivity index (χ1v) is 7.16. The molecule has 1 aromatic heterocycles. The summed E-state index contributed by atoms with van der Waals surface area (Å²) in [6.45, 7) is 5.15. The van der Waals surface area contributed by atoms with Gasteiger partial charge in [0.2, 0.25) is 0 Å². The third-order valence-corrected chi connectivity index (χ3v) is 3.28. The summed E-state index contributed by atoms with van der Waals surface area (Å²) < 4.78 is 63.3. The average Bonchev–Trinajstić information content (AvgIpc) is 2.11. The molecule has 0 fully saturated rings. The van der Waals surface area contributed by atoms with Crippen LogP contribution in [-0.4, -0.2) is 26.0 Å². The van der Waals surface area contributed by atoms with Crippen LogP contribution in [0.25, 0.3) is 0 Å². The SMILES string of the molecule is CC(C)(C)c1ncc(OC(F)(F)F)cc1S(C)(=O)=O. The Bertz CT molecular complexity index is 574. The molecule has 1 heterocycles. The Morgan fingerprint density at radius 2 is 1.74 bits per heavy atom. The lowest BCUT2D eigenvalue weighted by atomic mass is 9.91. The molecule has 0 aliphatic rings. The van der Waals surface area contributed by atoms with Crippen LogP contribution in [-0.2, 0) is 15.3 Å². The Labute approximate surface area is 109 Å². The normalized spacial score (nSPS) is 13.4. The van der Waals surface area contributed by atoms with Gasteiger partial charge in [0.05, 0.1) is 16.8 Å². The van der Waals surface area contributed by atoms with Gasteiger partial charge in [-0.15, -0.1) is 13.2 Å². The van der Waals surface area contributed by atoms with Crippen molar-refractivity contribution >= 4 is 9.84 Å². The molecule has 0 unspecified atom stereocenters. The van der Waals surface area contributed by atoms with Gasteiger partial charge < -0.3 is 4.74 Å². The van der Waals surface area contributed by atoms with E-state index in [2.05, 4.69) is 9.72 Å². The number of pyridine rings is 1. The number of sulfone groups is 1. The largest absolute Gasteiger partial charge is 0.573 e. The van der Waals surface area contributed by atoms with Crippen molar-refractivity contribution in [2.75, 3.05) is 6.26 Å². The summed E-state index contributed by atoms with van der Waals surface area (Å²) in [5, 5.41) is 0. The van der Waals surface area contributed by atoms with E-state index in [9.17, 15) is 21.6 Å². The van der Waals surface area contributed by atoms with Gasteiger partial charge in [0.25, 0.3) is 0 Å². The van der Waals surface area contributed by atoms with Crippen LogP contribution in [0.2, 0.25) is 0 Å². The molecule has 0 aromatic carbocycles. The maximum Gasteiger partial charge on any atom is 0.573 e. The minimum atomic E-state index is -4.89. The predicted octanol–water partition coefficient (Wildman–Crippen LogP) is 2.68. The highest BCUT2D eigenvalue weighted by atomic mass is 32.2. The molecule has 19 heavy (non-hydrogen) atoms. The monoisotopic (exact) mass is 297 g/mol. The molecule has 108 valence electrons. The number of aromatic nitrogens is 1. The zero-order valence-corrected chi connectivity index (χ0v) is 11.7. The van der Waals surface area contributed by atoms with Crippen LogP contribution in [0.4, 0.5) is 13.2 Å². The van der Waals surface area contributed by atoms with Crippen LogP contribution in [0.15, 0.2) is 17.2 Å². The van der Waals surface area contributed by atoms with Gasteiger partial charge in [0.1, 0.15) is 5.75 Å². The minimum absolute atomic E-state index is 0.199. The molecule has 0 N–H and O–H groups in total. The number of hydrogen-bond donors (Lipinski definition) is 0. The second-order valence-electron chi connectivity index (χ2n) is 5.09. The van der Waals surface area contributed by atoms with E-state index in [1.807, 2.05) is 0 Å². The Kier molecular flexibility index (Phi) is 3.86. The maximum absolute atomic E-state index is 12.1. The van der Waals surface area contributed by atoms with E-state index >= 15 is 0 Å². The third-order valence-electron chi connectivity index (χ3n) is 2.17. The van der Waals surface area contributed by atoms with Crippen molar-refractivity contribution in [1.82, 2.24) is 4.98 Å². The van der Waals surface area contributed by atoms with Crippen LogP contribution in [0, 0.1) is 0 Å². The molecule has 0 atom stereocenters. The quantitative estimate of drug-likeness (QED) is 0.842. The van der Waals surface area contributed by atoms with E-state index in [1.54, 1.807) is 20.8 Å². The predicted molar refractivity (Wildman–Crippen MR) is 62.7 cm³/mol. The van der Waals surface area contributed by atoms with Gasteiger partial charge in [-0.05, 0) is 0 Å². The lowest BCUT2D eigenvalue weighted by Crippen LogP contribution is -2.21. The molecule has 0 aliphatic carbocycles. The highest BCUT2D eigenvalue weighted by Crippen LogP contribution is 2.31. The molecule has 8 heteroatoms. The van der Waals surface area contributed by atoms with Gasteiger partial charge in [-0.2, -0.15) is 0 Å². The molecule has 0 spiro atoms. The number of ether oxygens (including phenoxy) is 1. The highest BCUT2D eigenvalue weighted by molar-refractivity contribution is 7.90. The number of alkyl halides is 3. The third kappa shape index (κ3) is 4.38. The van der Waals surface area contributed by atoms with Crippen molar-refractivity contribution in [1.29, 1.82) is 0 Å². The first kappa shape index (κ1) is 15.7. The summed E-state index contributed by atoms with van der Waals surface area (Å²) in [5.74, 6) is -0.652. The Hall–Kier alpha value is -1.31. The minimum Gasteiger partial charge on any atom is -0.404 e. The number of hydrogen-bond acceptors (Lipinski definition) is 4. The van der Waals surface area contributed by atoms with E-state index in [-0.39, 0.29) is 10.6 Å². The molecule has 1 rings (SSSR count). The van der Waals surface area contributed by atoms with E-state index in [1.165, 1.54) is 0 Å². The maximum atomic E-state index is 12.1. The van der Waals surface area contributed by atoms with Crippen LogP contribution in [0.5, 0.6) is 5.75 Å². The fourth-order valence-electron chi connectivity index (χ4n) is 1.46. The zero-order valence-electron chi connectivity index (χ0n) is 10.9. The lowest BCUT2D eigenvalue weighted by Gasteiger charge is -2.21. The summed E-state index contributed by atoms with van der Waals surface area (Å²) in [7, 11) is -3.70. The summed E-state index contributed by atoms with van der Waals surface area (Å²) in [5.41, 5.74) is -0.417. The molecule has 1 aromatic rings. The molecule has 0 saturated heterocycles. The second-order valence-corrected chi connectivity index (χ2v) is 7.07. The Morgan fingerprint density at radius 1 is 1.21 bits per heavy atom. The fraction of sp³-hybridized carbons (Fsp3) is 0.545. The van der Waals surface area contributed by atoms with E-state index in [0.29, 0.717) is 0 Å². The lowest BCUT2D eigenvalue weighted by molar-refractivity contribution is -0.274. The molecular weight excluding hydrogens is 283 g/mol. The van der Waals surface area contributed by atoms with E-state index in [4.69, 9.17) is 0 Å². The standard InChI is InChI=1S/C11H14F3NO3S/c1-10(2,3)9-8(19(4,16)17)5-7(6-15-9)18-11(12,13)14/h5-6H,1-4H3. The van der Waals surface area contributed by atoms with Crippen molar-refractivity contribution < 1.29 is 26.3 Å². The highest BCUT2D eigenvalue weighted by Gasteiger charge is 2.33. The number of halogens is 3. The smallest absolute Gasteiger partial charge is 0.404 e. The fourth-order valence-corrected chi connectivity index (χ4v) is 2.50. The average molecular weight is 297 g/mol. The first-order valence-electron chi connectivity index (χ1n) is 5.27. The van der Waals surface area contributed by atoms with Gasteiger partial charge in [-0.3, -0.25) is 4.98 Å². The van der Waals surface area contributed by atoms with Gasteiger partial charge in [0.15, 0.2) is 9.84 Å². The summed E-state index contributed by atoms with van der Waals surface area (Å²) in [6, 6.07) is 0.844. The summed E-state index contributed by atoms with van der Waals surface area (Å²) >= 11 is 0. The van der Waals surface area contributed by atoms with Crippen LogP contribution < -0.4 is 4.74 Å². The Morgan fingerprint density at radius 3 is 2.11 bits per heavy atom. The number of rotatable bonds is 2. The van der Waals surface area contributed by atoms with E-state index in [0.717, 1.165) is 18.5 Å². The number of nitrogens with zero attached hydrogens (tertiary/aromatic N) is 1. The molecular formula is C11H14F3NO3S. The van der Waals surface area contributed by atoms with Crippen molar-refractivity contribution in [3.8, 4) is 5.75 Å². The molecule has 4 nitrogen and oxygen atoms in total. The second kappa shape index (κ2) is 4.66. The zero-order chi connectivity index (χ0) is 15.1. The van der Waals surface area contributed by atoms with Crippen LogP contribution >= 0.6 is 0 Å². The first-order chi connectivity index (χ1) is 8.31. The molecule has 0 saturated carbocycles. The Balaban J connectivity index is 3.41. The molecule has 0 aliphatic heterocycles. The van der Waals surface area contributed by atoms with Crippen molar-refractivity contribution in [3.63, 3.8) is 0 Å². The molecule has 0 radical (unpaired) electrons. The van der Waals surface area contributed by atoms with Gasteiger partial charge >= 0.3 is 6.36 Å². The van der Waals surface area contributed by atoms with Crippen molar-refractivity contribution in [3.05, 3.63) is 18.0 Å². The summed E-state index contributed by atoms with van der Waals surface area (Å²) in [4.78, 5) is 3.53. The van der Waals surface area contributed by atoms with Gasteiger partial charge in [-0.1, -0.05) is 20.8 Å². The molecule has 0 bridgehead atoms. The molecule has 0 amide bonds. The van der Waals surface area contributed by atoms with E-state index < -0.39 is 27.4 Å². The van der Waals surface area contributed by atoms with Crippen molar-refractivity contribution in [2.45, 2.75) is 37.4 Å². The van der Waals surface area contributed by atoms with Gasteiger partial charge in [0, 0.05) is 17.7 Å². The van der Waals surface area contributed by atoms with Crippen LogP contribution in [0.1, 0.15) is 26.5 Å².